The highest BCUT2D eigenvalue weighted by molar-refractivity contribution is 5.62. The van der Waals surface area contributed by atoms with E-state index in [1.165, 1.54) is 5.56 Å². The molecule has 2 rings (SSSR count). The van der Waals surface area contributed by atoms with Gasteiger partial charge in [0, 0.05) is 11.1 Å². The van der Waals surface area contributed by atoms with Gasteiger partial charge in [-0.2, -0.15) is 0 Å². The van der Waals surface area contributed by atoms with Gasteiger partial charge in [0.15, 0.2) is 5.76 Å². The average Bonchev–Trinajstić information content (AvgIpc) is 2.80. The van der Waals surface area contributed by atoms with Crippen LogP contribution >= 0.6 is 0 Å². The van der Waals surface area contributed by atoms with Crippen molar-refractivity contribution in [2.75, 3.05) is 6.54 Å². The minimum Gasteiger partial charge on any atom is -0.356 e. The topological polar surface area (TPSA) is 52.0 Å². The standard InChI is InChI=1S/C16H22N2O/c1-4-11(2)13-5-7-14(8-6-13)16-15(9-10-17)12(3)18-19-16/h5-8,11H,4,9-10,17H2,1-3H3. The lowest BCUT2D eigenvalue weighted by atomic mass is 9.96. The van der Waals surface area contributed by atoms with Crippen molar-refractivity contribution in [3.8, 4) is 11.3 Å². The van der Waals surface area contributed by atoms with E-state index in [9.17, 15) is 0 Å². The molecular weight excluding hydrogens is 236 g/mol. The molecule has 19 heavy (non-hydrogen) atoms. The molecule has 0 spiro atoms. The molecule has 3 heteroatoms. The molecule has 0 amide bonds. The maximum Gasteiger partial charge on any atom is 0.170 e. The lowest BCUT2D eigenvalue weighted by Gasteiger charge is -2.09. The number of aryl methyl sites for hydroxylation is 1. The quantitative estimate of drug-likeness (QED) is 0.890. The lowest BCUT2D eigenvalue weighted by Crippen LogP contribution is -2.04. The predicted molar refractivity (Wildman–Crippen MR) is 78.1 cm³/mol. The molecule has 0 aliphatic carbocycles. The van der Waals surface area contributed by atoms with Crippen LogP contribution in [-0.2, 0) is 6.42 Å². The van der Waals surface area contributed by atoms with Crippen LogP contribution in [0.2, 0.25) is 0 Å². The summed E-state index contributed by atoms with van der Waals surface area (Å²) >= 11 is 0. The van der Waals surface area contributed by atoms with Crippen molar-refractivity contribution in [3.63, 3.8) is 0 Å². The fraction of sp³-hybridized carbons (Fsp3) is 0.438. The van der Waals surface area contributed by atoms with Crippen LogP contribution in [0.3, 0.4) is 0 Å². The Morgan fingerprint density at radius 1 is 1.26 bits per heavy atom. The van der Waals surface area contributed by atoms with Crippen LogP contribution in [0, 0.1) is 6.92 Å². The van der Waals surface area contributed by atoms with Gasteiger partial charge in [0.1, 0.15) is 0 Å². The van der Waals surface area contributed by atoms with Crippen LogP contribution < -0.4 is 5.73 Å². The summed E-state index contributed by atoms with van der Waals surface area (Å²) in [6, 6.07) is 8.57. The van der Waals surface area contributed by atoms with Crippen LogP contribution in [-0.4, -0.2) is 11.7 Å². The number of hydrogen-bond donors (Lipinski definition) is 1. The molecule has 1 unspecified atom stereocenters. The minimum absolute atomic E-state index is 0.592. The van der Waals surface area contributed by atoms with E-state index in [0.29, 0.717) is 12.5 Å². The van der Waals surface area contributed by atoms with E-state index < -0.39 is 0 Å². The molecule has 0 saturated carbocycles. The smallest absolute Gasteiger partial charge is 0.170 e. The van der Waals surface area contributed by atoms with Gasteiger partial charge in [-0.3, -0.25) is 0 Å². The van der Waals surface area contributed by atoms with Crippen LogP contribution in [0.5, 0.6) is 0 Å². The molecule has 0 bridgehead atoms. The van der Waals surface area contributed by atoms with Crippen molar-refractivity contribution in [2.24, 2.45) is 5.73 Å². The summed E-state index contributed by atoms with van der Waals surface area (Å²) in [5, 5.41) is 4.05. The summed E-state index contributed by atoms with van der Waals surface area (Å²) in [5.41, 5.74) is 10.2. The van der Waals surface area contributed by atoms with Crippen molar-refractivity contribution in [2.45, 2.75) is 39.5 Å². The van der Waals surface area contributed by atoms with Gasteiger partial charge in [-0.05, 0) is 37.8 Å². The van der Waals surface area contributed by atoms with Crippen LogP contribution in [0.25, 0.3) is 11.3 Å². The predicted octanol–water partition coefficient (Wildman–Crippen LogP) is 3.66. The SMILES string of the molecule is CCC(C)c1ccc(-c2onc(C)c2CCN)cc1. The van der Waals surface area contributed by atoms with Crippen molar-refractivity contribution in [1.29, 1.82) is 0 Å². The van der Waals surface area contributed by atoms with Crippen LogP contribution in [0.15, 0.2) is 28.8 Å². The number of hydrogen-bond acceptors (Lipinski definition) is 3. The van der Waals surface area contributed by atoms with E-state index in [1.807, 2.05) is 6.92 Å². The Morgan fingerprint density at radius 2 is 1.95 bits per heavy atom. The molecule has 102 valence electrons. The molecule has 0 saturated heterocycles. The van der Waals surface area contributed by atoms with Crippen molar-refractivity contribution in [3.05, 3.63) is 41.1 Å². The van der Waals surface area contributed by atoms with Crippen molar-refractivity contribution < 1.29 is 4.52 Å². The number of benzene rings is 1. The molecule has 1 aromatic carbocycles. The second-order valence-electron chi connectivity index (χ2n) is 5.05. The first-order valence-corrected chi connectivity index (χ1v) is 6.92. The van der Waals surface area contributed by atoms with Crippen LogP contribution in [0.1, 0.15) is 43.0 Å². The van der Waals surface area contributed by atoms with Gasteiger partial charge in [0.25, 0.3) is 0 Å². The number of nitrogens with two attached hydrogens (primary N) is 1. The number of nitrogens with zero attached hydrogens (tertiary/aromatic N) is 1. The average molecular weight is 258 g/mol. The Bertz CT molecular complexity index is 528. The van der Waals surface area contributed by atoms with Gasteiger partial charge < -0.3 is 10.3 Å². The summed E-state index contributed by atoms with van der Waals surface area (Å²) in [5.74, 6) is 1.45. The Kier molecular flexibility index (Phi) is 4.38. The van der Waals surface area contributed by atoms with E-state index in [-0.39, 0.29) is 0 Å². The van der Waals surface area contributed by atoms with E-state index in [1.54, 1.807) is 0 Å². The number of rotatable bonds is 5. The van der Waals surface area contributed by atoms with Gasteiger partial charge >= 0.3 is 0 Å². The van der Waals surface area contributed by atoms with E-state index in [4.69, 9.17) is 10.3 Å². The highest BCUT2D eigenvalue weighted by Crippen LogP contribution is 2.28. The Labute approximate surface area is 114 Å². The molecule has 2 aromatic rings. The molecule has 1 heterocycles. The van der Waals surface area contributed by atoms with Gasteiger partial charge in [0.2, 0.25) is 0 Å². The molecule has 3 nitrogen and oxygen atoms in total. The highest BCUT2D eigenvalue weighted by Gasteiger charge is 2.14. The van der Waals surface area contributed by atoms with Gasteiger partial charge in [-0.1, -0.05) is 43.3 Å². The molecule has 0 radical (unpaired) electrons. The third kappa shape index (κ3) is 2.87. The second kappa shape index (κ2) is 6.02. The van der Waals surface area contributed by atoms with Crippen molar-refractivity contribution >= 4 is 0 Å². The minimum atomic E-state index is 0.592. The zero-order valence-corrected chi connectivity index (χ0v) is 11.9. The summed E-state index contributed by atoms with van der Waals surface area (Å²) in [4.78, 5) is 0. The Balaban J connectivity index is 2.32. The fourth-order valence-corrected chi connectivity index (χ4v) is 2.25. The molecule has 1 atom stereocenters. The van der Waals surface area contributed by atoms with E-state index in [2.05, 4.69) is 43.3 Å². The van der Waals surface area contributed by atoms with Crippen LogP contribution in [0.4, 0.5) is 0 Å². The summed E-state index contributed by atoms with van der Waals surface area (Å²) in [6.07, 6.45) is 1.96. The molecule has 0 aliphatic heterocycles. The normalized spacial score (nSPS) is 12.6. The first-order chi connectivity index (χ1) is 9.17. The third-order valence-electron chi connectivity index (χ3n) is 3.73. The van der Waals surface area contributed by atoms with Crippen molar-refractivity contribution in [1.82, 2.24) is 5.16 Å². The summed E-state index contributed by atoms with van der Waals surface area (Å²) in [7, 11) is 0. The Hall–Kier alpha value is -1.61. The molecule has 0 fully saturated rings. The zero-order chi connectivity index (χ0) is 13.8. The van der Waals surface area contributed by atoms with Gasteiger partial charge in [-0.25, -0.2) is 0 Å². The number of aromatic nitrogens is 1. The van der Waals surface area contributed by atoms with E-state index >= 15 is 0 Å². The second-order valence-corrected chi connectivity index (χ2v) is 5.05. The van der Waals surface area contributed by atoms with E-state index in [0.717, 1.165) is 35.4 Å². The highest BCUT2D eigenvalue weighted by atomic mass is 16.5. The first kappa shape index (κ1) is 13.8. The largest absolute Gasteiger partial charge is 0.356 e. The summed E-state index contributed by atoms with van der Waals surface area (Å²) in [6.45, 7) is 7.02. The first-order valence-electron chi connectivity index (χ1n) is 6.92. The monoisotopic (exact) mass is 258 g/mol. The van der Waals surface area contributed by atoms with Gasteiger partial charge in [0.05, 0.1) is 5.69 Å². The molecular formula is C16H22N2O. The molecule has 2 N–H and O–H groups in total. The maximum absolute atomic E-state index is 5.65. The molecule has 1 aromatic heterocycles. The van der Waals surface area contributed by atoms with Gasteiger partial charge in [-0.15, -0.1) is 0 Å². The lowest BCUT2D eigenvalue weighted by molar-refractivity contribution is 0.426. The Morgan fingerprint density at radius 3 is 2.53 bits per heavy atom. The fourth-order valence-electron chi connectivity index (χ4n) is 2.25. The maximum atomic E-state index is 5.65. The third-order valence-corrected chi connectivity index (χ3v) is 3.73. The zero-order valence-electron chi connectivity index (χ0n) is 11.9. The summed E-state index contributed by atoms with van der Waals surface area (Å²) < 4.78 is 5.46. The molecule has 0 aliphatic rings.